The van der Waals surface area contributed by atoms with Gasteiger partial charge in [0, 0.05) is 11.3 Å². The van der Waals surface area contributed by atoms with Gasteiger partial charge in [-0.05, 0) is 36.4 Å². The summed E-state index contributed by atoms with van der Waals surface area (Å²) in [7, 11) is 0. The molecule has 0 saturated carbocycles. The molecule has 8 heteroatoms. The first-order valence-electron chi connectivity index (χ1n) is 6.77. The van der Waals surface area contributed by atoms with Crippen LogP contribution in [0.4, 0.5) is 11.6 Å². The Morgan fingerprint density at radius 2 is 2.00 bits per heavy atom. The molecule has 2 heterocycles. The highest BCUT2D eigenvalue weighted by atomic mass is 16.3. The number of benzene rings is 1. The SMILES string of the molecule is NC(=O)c1ccc(Nc2nnc(Cc3ccco3)c(=O)[nH]2)cc1. The maximum Gasteiger partial charge on any atom is 0.274 e. The summed E-state index contributed by atoms with van der Waals surface area (Å²) < 4.78 is 5.17. The number of nitrogens with two attached hydrogens (primary N) is 1. The second kappa shape index (κ2) is 6.14. The van der Waals surface area contributed by atoms with Crippen LogP contribution in [0.1, 0.15) is 21.8 Å². The van der Waals surface area contributed by atoms with Gasteiger partial charge < -0.3 is 15.5 Å². The van der Waals surface area contributed by atoms with Crippen LogP contribution in [0.15, 0.2) is 51.9 Å². The molecule has 0 fully saturated rings. The Labute approximate surface area is 130 Å². The molecule has 0 bridgehead atoms. The predicted molar refractivity (Wildman–Crippen MR) is 82.4 cm³/mol. The first-order valence-corrected chi connectivity index (χ1v) is 6.77. The molecule has 0 saturated heterocycles. The summed E-state index contributed by atoms with van der Waals surface area (Å²) in [5, 5.41) is 10.7. The number of hydrogen-bond donors (Lipinski definition) is 3. The number of H-pyrrole nitrogens is 1. The van der Waals surface area contributed by atoms with E-state index in [1.54, 1.807) is 36.4 Å². The minimum Gasteiger partial charge on any atom is -0.469 e. The van der Waals surface area contributed by atoms with Gasteiger partial charge >= 0.3 is 0 Å². The van der Waals surface area contributed by atoms with Crippen molar-refractivity contribution in [3.63, 3.8) is 0 Å². The van der Waals surface area contributed by atoms with Gasteiger partial charge in [0.25, 0.3) is 5.56 Å². The zero-order valence-electron chi connectivity index (χ0n) is 11.9. The van der Waals surface area contributed by atoms with Crippen LogP contribution < -0.4 is 16.6 Å². The van der Waals surface area contributed by atoms with Crippen molar-refractivity contribution < 1.29 is 9.21 Å². The van der Waals surface area contributed by atoms with Crippen molar-refractivity contribution in [1.82, 2.24) is 15.2 Å². The lowest BCUT2D eigenvalue weighted by atomic mass is 10.2. The lowest BCUT2D eigenvalue weighted by Gasteiger charge is -2.05. The fourth-order valence-electron chi connectivity index (χ4n) is 1.97. The largest absolute Gasteiger partial charge is 0.469 e. The van der Waals surface area contributed by atoms with Crippen LogP contribution in [0, 0.1) is 0 Å². The number of rotatable bonds is 5. The zero-order valence-corrected chi connectivity index (χ0v) is 11.9. The van der Waals surface area contributed by atoms with Gasteiger partial charge in [0.15, 0.2) is 0 Å². The Morgan fingerprint density at radius 3 is 2.61 bits per heavy atom. The molecular formula is C15H13N5O3. The van der Waals surface area contributed by atoms with Crippen LogP contribution in [-0.2, 0) is 6.42 Å². The highest BCUT2D eigenvalue weighted by Gasteiger charge is 2.08. The maximum atomic E-state index is 12.0. The van der Waals surface area contributed by atoms with E-state index in [1.807, 2.05) is 0 Å². The van der Waals surface area contributed by atoms with Crippen molar-refractivity contribution in [2.75, 3.05) is 5.32 Å². The molecule has 3 aromatic rings. The van der Waals surface area contributed by atoms with Crippen molar-refractivity contribution >= 4 is 17.5 Å². The van der Waals surface area contributed by atoms with Crippen LogP contribution in [0.25, 0.3) is 0 Å². The van der Waals surface area contributed by atoms with E-state index in [0.29, 0.717) is 17.0 Å². The fraction of sp³-hybridized carbons (Fsp3) is 0.0667. The van der Waals surface area contributed by atoms with Crippen molar-refractivity contribution in [2.24, 2.45) is 5.73 Å². The molecule has 0 unspecified atom stereocenters. The van der Waals surface area contributed by atoms with E-state index >= 15 is 0 Å². The molecule has 0 aliphatic heterocycles. The number of aromatic amines is 1. The lowest BCUT2D eigenvalue weighted by molar-refractivity contribution is 0.100. The Morgan fingerprint density at radius 1 is 1.22 bits per heavy atom. The van der Waals surface area contributed by atoms with Gasteiger partial charge in [0.05, 0.1) is 12.7 Å². The first-order chi connectivity index (χ1) is 11.1. The molecule has 116 valence electrons. The molecule has 0 atom stereocenters. The van der Waals surface area contributed by atoms with Crippen molar-refractivity contribution in [2.45, 2.75) is 6.42 Å². The van der Waals surface area contributed by atoms with E-state index in [1.165, 1.54) is 6.26 Å². The number of hydrogen-bond acceptors (Lipinski definition) is 6. The third kappa shape index (κ3) is 3.43. The molecule has 0 spiro atoms. The van der Waals surface area contributed by atoms with E-state index < -0.39 is 5.91 Å². The molecular weight excluding hydrogens is 298 g/mol. The molecule has 0 aliphatic rings. The van der Waals surface area contributed by atoms with Crippen LogP contribution in [0.2, 0.25) is 0 Å². The Kier molecular flexibility index (Phi) is 3.88. The zero-order chi connectivity index (χ0) is 16.2. The quantitative estimate of drug-likeness (QED) is 0.649. The predicted octanol–water partition coefficient (Wildman–Crippen LogP) is 1.19. The van der Waals surface area contributed by atoms with E-state index in [9.17, 15) is 9.59 Å². The topological polar surface area (TPSA) is 127 Å². The number of furan rings is 1. The second-order valence-electron chi connectivity index (χ2n) is 4.77. The molecule has 3 rings (SSSR count). The van der Waals surface area contributed by atoms with Crippen molar-refractivity contribution in [3.05, 3.63) is 70.0 Å². The number of nitrogens with zero attached hydrogens (tertiary/aromatic N) is 2. The fourth-order valence-corrected chi connectivity index (χ4v) is 1.97. The van der Waals surface area contributed by atoms with Gasteiger partial charge in [-0.25, -0.2) is 0 Å². The molecule has 1 aromatic carbocycles. The van der Waals surface area contributed by atoms with E-state index in [2.05, 4.69) is 20.5 Å². The van der Waals surface area contributed by atoms with Gasteiger partial charge in [-0.15, -0.1) is 10.2 Å². The van der Waals surface area contributed by atoms with Crippen LogP contribution >= 0.6 is 0 Å². The molecule has 0 radical (unpaired) electrons. The summed E-state index contributed by atoms with van der Waals surface area (Å²) >= 11 is 0. The first kappa shape index (κ1) is 14.5. The molecule has 1 amide bonds. The highest BCUT2D eigenvalue weighted by molar-refractivity contribution is 5.93. The number of carbonyl (C=O) groups excluding carboxylic acids is 1. The van der Waals surface area contributed by atoms with Gasteiger partial charge in [-0.2, -0.15) is 0 Å². The Bertz CT molecular complexity index is 869. The van der Waals surface area contributed by atoms with Crippen LogP contribution in [0.3, 0.4) is 0 Å². The summed E-state index contributed by atoms with van der Waals surface area (Å²) in [4.78, 5) is 25.6. The van der Waals surface area contributed by atoms with Gasteiger partial charge in [-0.3, -0.25) is 14.6 Å². The van der Waals surface area contributed by atoms with E-state index in [-0.39, 0.29) is 23.6 Å². The number of carbonyl (C=O) groups is 1. The van der Waals surface area contributed by atoms with E-state index in [0.717, 1.165) is 0 Å². The normalized spacial score (nSPS) is 10.4. The molecule has 0 aliphatic carbocycles. The van der Waals surface area contributed by atoms with E-state index in [4.69, 9.17) is 10.2 Å². The Balaban J connectivity index is 1.75. The van der Waals surface area contributed by atoms with Crippen molar-refractivity contribution in [1.29, 1.82) is 0 Å². The maximum absolute atomic E-state index is 12.0. The number of amides is 1. The highest BCUT2D eigenvalue weighted by Crippen LogP contribution is 2.12. The average molecular weight is 311 g/mol. The standard InChI is InChI=1S/C15H13N5O3/c16-13(21)9-3-5-10(6-4-9)17-15-18-14(22)12(19-20-15)8-11-2-1-7-23-11/h1-7H,8H2,(H2,16,21)(H2,17,18,20,22). The third-order valence-electron chi connectivity index (χ3n) is 3.12. The summed E-state index contributed by atoms with van der Waals surface area (Å²) in [6.45, 7) is 0. The molecule has 4 N–H and O–H groups in total. The second-order valence-corrected chi connectivity index (χ2v) is 4.77. The molecule has 8 nitrogen and oxygen atoms in total. The van der Waals surface area contributed by atoms with Gasteiger partial charge in [-0.1, -0.05) is 0 Å². The smallest absolute Gasteiger partial charge is 0.274 e. The van der Waals surface area contributed by atoms with Crippen LogP contribution in [0.5, 0.6) is 0 Å². The summed E-state index contributed by atoms with van der Waals surface area (Å²) in [5.41, 5.74) is 6.11. The summed E-state index contributed by atoms with van der Waals surface area (Å²) in [6.07, 6.45) is 1.80. The van der Waals surface area contributed by atoms with Crippen molar-refractivity contribution in [3.8, 4) is 0 Å². The van der Waals surface area contributed by atoms with Gasteiger partial charge in [0.1, 0.15) is 11.5 Å². The lowest BCUT2D eigenvalue weighted by Crippen LogP contribution is -2.18. The molecule has 2 aromatic heterocycles. The number of nitrogens with one attached hydrogen (secondary N) is 2. The van der Waals surface area contributed by atoms with Crippen LogP contribution in [-0.4, -0.2) is 21.1 Å². The average Bonchev–Trinajstić information content (AvgIpc) is 3.04. The number of primary amides is 1. The minimum absolute atomic E-state index is 0.199. The monoisotopic (exact) mass is 311 g/mol. The molecule has 23 heavy (non-hydrogen) atoms. The number of anilines is 2. The summed E-state index contributed by atoms with van der Waals surface area (Å²) in [5.74, 6) is 0.324. The minimum atomic E-state index is -0.507. The summed E-state index contributed by atoms with van der Waals surface area (Å²) in [6, 6.07) is 9.94. The Hall–Kier alpha value is -3.42. The van der Waals surface area contributed by atoms with Gasteiger partial charge in [0.2, 0.25) is 11.9 Å². The third-order valence-corrected chi connectivity index (χ3v) is 3.12. The number of aromatic nitrogens is 3.